The van der Waals surface area contributed by atoms with E-state index in [0.717, 1.165) is 18.6 Å². The first kappa shape index (κ1) is 12.1. The molecule has 1 aromatic rings. The number of hydrogen-bond donors (Lipinski definition) is 1. The molecule has 2 nitrogen and oxygen atoms in total. The van der Waals surface area contributed by atoms with Gasteiger partial charge in [0.25, 0.3) is 0 Å². The highest BCUT2D eigenvalue weighted by Crippen LogP contribution is 2.14. The largest absolute Gasteiger partial charge is 0.497 e. The number of ether oxygens (including phenoxy) is 1. The molecule has 0 aliphatic carbocycles. The monoisotopic (exact) mass is 207 g/mol. The van der Waals surface area contributed by atoms with Crippen molar-refractivity contribution in [3.8, 4) is 5.75 Å². The second kappa shape index (κ2) is 5.76. The standard InChI is InChI=1S/C13H21NO/c1-10(2)8-12(14)9-11-4-6-13(15-3)7-5-11/h4-7,10,12H,8-9,14H2,1-3H3/t12-/m0/s1. The summed E-state index contributed by atoms with van der Waals surface area (Å²) >= 11 is 0. The molecule has 1 rings (SSSR count). The summed E-state index contributed by atoms with van der Waals surface area (Å²) in [5.41, 5.74) is 7.33. The van der Waals surface area contributed by atoms with Gasteiger partial charge in [-0.2, -0.15) is 0 Å². The Labute approximate surface area is 92.4 Å². The van der Waals surface area contributed by atoms with Crippen LogP contribution >= 0.6 is 0 Å². The van der Waals surface area contributed by atoms with Gasteiger partial charge in [-0.1, -0.05) is 26.0 Å². The molecule has 2 heteroatoms. The highest BCUT2D eigenvalue weighted by Gasteiger charge is 2.06. The molecule has 1 aromatic carbocycles. The lowest BCUT2D eigenvalue weighted by Crippen LogP contribution is -2.24. The summed E-state index contributed by atoms with van der Waals surface area (Å²) in [6.07, 6.45) is 2.02. The average Bonchev–Trinajstić information content (AvgIpc) is 2.17. The minimum absolute atomic E-state index is 0.262. The quantitative estimate of drug-likeness (QED) is 0.805. The van der Waals surface area contributed by atoms with Gasteiger partial charge in [-0.15, -0.1) is 0 Å². The van der Waals surface area contributed by atoms with Gasteiger partial charge in [-0.3, -0.25) is 0 Å². The maximum Gasteiger partial charge on any atom is 0.118 e. The van der Waals surface area contributed by atoms with E-state index in [1.54, 1.807) is 7.11 Å². The maximum atomic E-state index is 6.05. The van der Waals surface area contributed by atoms with Crippen molar-refractivity contribution in [2.45, 2.75) is 32.7 Å². The maximum absolute atomic E-state index is 6.05. The lowest BCUT2D eigenvalue weighted by molar-refractivity contribution is 0.414. The van der Waals surface area contributed by atoms with Crippen molar-refractivity contribution in [2.75, 3.05) is 7.11 Å². The predicted octanol–water partition coefficient (Wildman–Crippen LogP) is 2.61. The summed E-state index contributed by atoms with van der Waals surface area (Å²) in [6, 6.07) is 8.39. The number of hydrogen-bond acceptors (Lipinski definition) is 2. The van der Waals surface area contributed by atoms with Crippen LogP contribution in [0.1, 0.15) is 25.8 Å². The second-order valence-corrected chi connectivity index (χ2v) is 4.44. The highest BCUT2D eigenvalue weighted by atomic mass is 16.5. The van der Waals surface area contributed by atoms with E-state index in [0.29, 0.717) is 5.92 Å². The zero-order chi connectivity index (χ0) is 11.3. The molecule has 0 radical (unpaired) electrons. The van der Waals surface area contributed by atoms with Gasteiger partial charge in [-0.25, -0.2) is 0 Å². The minimum atomic E-state index is 0.262. The van der Waals surface area contributed by atoms with E-state index in [9.17, 15) is 0 Å². The summed E-state index contributed by atoms with van der Waals surface area (Å²) in [5, 5.41) is 0. The van der Waals surface area contributed by atoms with E-state index >= 15 is 0 Å². The molecule has 0 amide bonds. The van der Waals surface area contributed by atoms with Crippen LogP contribution < -0.4 is 10.5 Å². The van der Waals surface area contributed by atoms with Crippen molar-refractivity contribution >= 4 is 0 Å². The van der Waals surface area contributed by atoms with Crippen LogP contribution in [0.3, 0.4) is 0 Å². The van der Waals surface area contributed by atoms with E-state index in [-0.39, 0.29) is 6.04 Å². The molecular weight excluding hydrogens is 186 g/mol. The Balaban J connectivity index is 2.49. The Morgan fingerprint density at radius 3 is 2.27 bits per heavy atom. The van der Waals surface area contributed by atoms with Gasteiger partial charge in [0.15, 0.2) is 0 Å². The van der Waals surface area contributed by atoms with Gasteiger partial charge in [0.1, 0.15) is 5.75 Å². The highest BCUT2D eigenvalue weighted by molar-refractivity contribution is 5.27. The van der Waals surface area contributed by atoms with E-state index in [2.05, 4.69) is 26.0 Å². The molecule has 0 fully saturated rings. The van der Waals surface area contributed by atoms with Crippen LogP contribution in [-0.4, -0.2) is 13.2 Å². The van der Waals surface area contributed by atoms with Crippen molar-refractivity contribution in [1.29, 1.82) is 0 Å². The Kier molecular flexibility index (Phi) is 4.63. The van der Waals surface area contributed by atoms with Crippen LogP contribution in [0.15, 0.2) is 24.3 Å². The lowest BCUT2D eigenvalue weighted by atomic mass is 9.98. The lowest BCUT2D eigenvalue weighted by Gasteiger charge is -2.14. The fourth-order valence-electron chi connectivity index (χ4n) is 1.75. The third kappa shape index (κ3) is 4.34. The van der Waals surface area contributed by atoms with Crippen LogP contribution in [0.2, 0.25) is 0 Å². The molecule has 0 aliphatic rings. The van der Waals surface area contributed by atoms with Crippen LogP contribution in [0.25, 0.3) is 0 Å². The molecule has 0 aromatic heterocycles. The van der Waals surface area contributed by atoms with Crippen molar-refractivity contribution in [1.82, 2.24) is 0 Å². The third-order valence-corrected chi connectivity index (χ3v) is 2.43. The molecule has 2 N–H and O–H groups in total. The van der Waals surface area contributed by atoms with Gasteiger partial charge < -0.3 is 10.5 Å². The normalized spacial score (nSPS) is 12.9. The van der Waals surface area contributed by atoms with E-state index in [1.165, 1.54) is 5.56 Å². The Bertz CT molecular complexity index is 279. The fraction of sp³-hybridized carbons (Fsp3) is 0.538. The molecule has 0 unspecified atom stereocenters. The first-order chi connectivity index (χ1) is 7.11. The molecule has 15 heavy (non-hydrogen) atoms. The van der Waals surface area contributed by atoms with Crippen LogP contribution in [0.5, 0.6) is 5.75 Å². The third-order valence-electron chi connectivity index (χ3n) is 2.43. The molecular formula is C13H21NO. The van der Waals surface area contributed by atoms with Crippen molar-refractivity contribution in [3.05, 3.63) is 29.8 Å². The topological polar surface area (TPSA) is 35.2 Å². The first-order valence-corrected chi connectivity index (χ1v) is 5.50. The van der Waals surface area contributed by atoms with Gasteiger partial charge in [0.2, 0.25) is 0 Å². The number of benzene rings is 1. The zero-order valence-corrected chi connectivity index (χ0v) is 9.86. The molecule has 0 spiro atoms. The van der Waals surface area contributed by atoms with Crippen LogP contribution in [0, 0.1) is 5.92 Å². The van der Waals surface area contributed by atoms with Crippen LogP contribution in [-0.2, 0) is 6.42 Å². The molecule has 84 valence electrons. The molecule has 1 atom stereocenters. The van der Waals surface area contributed by atoms with Crippen LogP contribution in [0.4, 0.5) is 0 Å². The molecule has 0 heterocycles. The minimum Gasteiger partial charge on any atom is -0.497 e. The van der Waals surface area contributed by atoms with E-state index in [4.69, 9.17) is 10.5 Å². The average molecular weight is 207 g/mol. The van der Waals surface area contributed by atoms with Crippen molar-refractivity contribution < 1.29 is 4.74 Å². The summed E-state index contributed by atoms with van der Waals surface area (Å²) in [5.74, 6) is 1.56. The second-order valence-electron chi connectivity index (χ2n) is 4.44. The smallest absolute Gasteiger partial charge is 0.118 e. The summed E-state index contributed by atoms with van der Waals surface area (Å²) in [6.45, 7) is 4.40. The fourth-order valence-corrected chi connectivity index (χ4v) is 1.75. The number of nitrogens with two attached hydrogens (primary N) is 1. The Morgan fingerprint density at radius 2 is 1.80 bits per heavy atom. The number of rotatable bonds is 5. The molecule has 0 aliphatic heterocycles. The van der Waals surface area contributed by atoms with Gasteiger partial charge in [-0.05, 0) is 36.5 Å². The predicted molar refractivity (Wildman–Crippen MR) is 64.1 cm³/mol. The summed E-state index contributed by atoms with van der Waals surface area (Å²) in [7, 11) is 1.68. The SMILES string of the molecule is COc1ccc(C[C@@H](N)CC(C)C)cc1. The van der Waals surface area contributed by atoms with Crippen molar-refractivity contribution in [2.24, 2.45) is 11.7 Å². The zero-order valence-electron chi connectivity index (χ0n) is 9.86. The van der Waals surface area contributed by atoms with Crippen molar-refractivity contribution in [3.63, 3.8) is 0 Å². The van der Waals surface area contributed by atoms with Gasteiger partial charge in [0, 0.05) is 6.04 Å². The Hall–Kier alpha value is -1.02. The van der Waals surface area contributed by atoms with Gasteiger partial charge in [0.05, 0.1) is 7.11 Å². The first-order valence-electron chi connectivity index (χ1n) is 5.50. The summed E-state index contributed by atoms with van der Waals surface area (Å²) < 4.78 is 5.11. The molecule has 0 saturated heterocycles. The van der Waals surface area contributed by atoms with E-state index in [1.807, 2.05) is 12.1 Å². The van der Waals surface area contributed by atoms with E-state index < -0.39 is 0 Å². The number of methoxy groups -OCH3 is 1. The molecule has 0 saturated carbocycles. The molecule has 0 bridgehead atoms. The Morgan fingerprint density at radius 1 is 1.20 bits per heavy atom. The summed E-state index contributed by atoms with van der Waals surface area (Å²) in [4.78, 5) is 0. The van der Waals surface area contributed by atoms with Gasteiger partial charge >= 0.3 is 0 Å².